The molecule has 1 saturated carbocycles. The van der Waals surface area contributed by atoms with Crippen molar-refractivity contribution in [3.63, 3.8) is 0 Å². The van der Waals surface area contributed by atoms with Gasteiger partial charge in [-0.05, 0) is 25.0 Å². The summed E-state index contributed by atoms with van der Waals surface area (Å²) < 4.78 is 0. The molecule has 0 aliphatic heterocycles. The number of unbranched alkanes of at least 4 members (excludes halogenated alkanes) is 5. The van der Waals surface area contributed by atoms with Gasteiger partial charge < -0.3 is 41.7 Å². The number of hydrogen-bond donors (Lipinski definition) is 8. The van der Waals surface area contributed by atoms with Crippen molar-refractivity contribution in [2.75, 3.05) is 17.3 Å². The second kappa shape index (κ2) is 18.2. The van der Waals surface area contributed by atoms with Gasteiger partial charge in [-0.15, -0.1) is 0 Å². The summed E-state index contributed by atoms with van der Waals surface area (Å²) in [6, 6.07) is -1.26. The number of hydrogen-bond acceptors (Lipinski definition) is 10. The van der Waals surface area contributed by atoms with E-state index in [1.54, 1.807) is 11.8 Å². The normalized spacial score (nSPS) is 26.3. The molecule has 0 aromatic rings. The first kappa shape index (κ1) is 33.9. The van der Waals surface area contributed by atoms with E-state index in [4.69, 9.17) is 10.8 Å². The molecule has 2 amide bonds. The Morgan fingerprint density at radius 1 is 0.973 bits per heavy atom. The molecule has 1 rings (SSSR count). The largest absolute Gasteiger partial charge is 0.481 e. The zero-order valence-electron chi connectivity index (χ0n) is 21.4. The van der Waals surface area contributed by atoms with E-state index in [9.17, 15) is 39.9 Å². The van der Waals surface area contributed by atoms with Crippen molar-refractivity contribution in [3.05, 3.63) is 0 Å². The fourth-order valence-corrected chi connectivity index (χ4v) is 6.62. The molecular weight excluding hydrogens is 524 g/mol. The molecule has 0 radical (unpaired) electrons. The number of thioether (sulfide) groups is 2. The maximum Gasteiger partial charge on any atom is 0.303 e. The van der Waals surface area contributed by atoms with Gasteiger partial charge in [0.2, 0.25) is 11.8 Å². The molecule has 0 heterocycles. The third-order valence-corrected chi connectivity index (χ3v) is 9.13. The van der Waals surface area contributed by atoms with Crippen molar-refractivity contribution < 1.29 is 45.0 Å². The fraction of sp³-hybridized carbons (Fsp3) is 0.875. The van der Waals surface area contributed by atoms with Gasteiger partial charge in [-0.1, -0.05) is 39.0 Å². The molecular formula is C24H44N2O9S2. The summed E-state index contributed by atoms with van der Waals surface area (Å²) in [4.78, 5) is 35.4. The summed E-state index contributed by atoms with van der Waals surface area (Å²) in [7, 11) is 0. The van der Waals surface area contributed by atoms with E-state index >= 15 is 0 Å². The Kier molecular flexibility index (Phi) is 16.7. The molecule has 11 nitrogen and oxygen atoms in total. The first-order valence-electron chi connectivity index (χ1n) is 12.9. The standard InChI is InChI=1S/C24H44N2O9S2/c1-2-3-4-5-6-7-10-36-12-17(28)18(29)13-37-22-14(11-16(27)20(32)21(22)33)24(35)26-15(23(25)34)8-9-19(30)31/h14-18,20-22,27-29,32-33H,2-13H2,1H3,(H2,25,34)(H,26,35)(H,30,31)/t14-,15-,16+,17+,18-,20-,21-,22-/m0/s1. The van der Waals surface area contributed by atoms with Gasteiger partial charge in [0.15, 0.2) is 0 Å². The maximum atomic E-state index is 12.9. The number of nitrogens with two attached hydrogens (primary N) is 1. The number of carbonyl (C=O) groups is 3. The number of primary amides is 1. The second-order valence-electron chi connectivity index (χ2n) is 9.56. The first-order chi connectivity index (χ1) is 17.5. The fourth-order valence-electron chi connectivity index (χ4n) is 4.12. The monoisotopic (exact) mass is 568 g/mol. The second-order valence-corrected chi connectivity index (χ2v) is 11.9. The van der Waals surface area contributed by atoms with Crippen LogP contribution in [0.15, 0.2) is 0 Å². The smallest absolute Gasteiger partial charge is 0.303 e. The minimum Gasteiger partial charge on any atom is -0.481 e. The number of aliphatic hydroxyl groups is 5. The van der Waals surface area contributed by atoms with Crippen LogP contribution in [0.3, 0.4) is 0 Å². The molecule has 0 unspecified atom stereocenters. The Bertz CT molecular complexity index is 703. The highest BCUT2D eigenvalue weighted by molar-refractivity contribution is 8.00. The van der Waals surface area contributed by atoms with Gasteiger partial charge >= 0.3 is 5.97 Å². The van der Waals surface area contributed by atoms with Gasteiger partial charge in [-0.25, -0.2) is 0 Å². The number of carboxylic acids is 1. The average Bonchev–Trinajstić information content (AvgIpc) is 2.85. The van der Waals surface area contributed by atoms with Crippen LogP contribution in [-0.4, -0.2) is 107 Å². The number of nitrogens with one attached hydrogen (secondary N) is 1. The predicted octanol–water partition coefficient (Wildman–Crippen LogP) is -0.159. The highest BCUT2D eigenvalue weighted by Crippen LogP contribution is 2.35. The van der Waals surface area contributed by atoms with Crippen LogP contribution < -0.4 is 11.1 Å². The van der Waals surface area contributed by atoms with Crippen LogP contribution >= 0.6 is 23.5 Å². The lowest BCUT2D eigenvalue weighted by molar-refractivity contribution is -0.140. The molecule has 0 aromatic carbocycles. The van der Waals surface area contributed by atoms with Crippen molar-refractivity contribution >= 4 is 41.3 Å². The lowest BCUT2D eigenvalue weighted by atomic mass is 9.82. The molecule has 0 aromatic heterocycles. The Hall–Kier alpha value is -1.09. The quantitative estimate of drug-likeness (QED) is 0.0959. The highest BCUT2D eigenvalue weighted by atomic mass is 32.2. The number of carboxylic acid groups (broad SMARTS) is 1. The minimum atomic E-state index is -1.52. The van der Waals surface area contributed by atoms with Crippen LogP contribution in [0.5, 0.6) is 0 Å². The van der Waals surface area contributed by atoms with Crippen molar-refractivity contribution in [3.8, 4) is 0 Å². The summed E-state index contributed by atoms with van der Waals surface area (Å²) in [5.74, 6) is -2.71. The summed E-state index contributed by atoms with van der Waals surface area (Å²) >= 11 is 2.53. The lowest BCUT2D eigenvalue weighted by Crippen LogP contribution is -2.58. The molecule has 8 atom stereocenters. The molecule has 9 N–H and O–H groups in total. The van der Waals surface area contributed by atoms with Crippen molar-refractivity contribution in [1.29, 1.82) is 0 Å². The zero-order valence-corrected chi connectivity index (χ0v) is 23.0. The lowest BCUT2D eigenvalue weighted by Gasteiger charge is -2.40. The SMILES string of the molecule is CCCCCCCCSC[C@@H](O)[C@@H](O)CS[C@@H]1[C@@H](O)[C@@H](O)[C@H](O)C[C@@H]1C(=O)N[C@@H](CCC(=O)O)C(N)=O. The number of carbonyl (C=O) groups excluding carboxylic acids is 2. The van der Waals surface area contributed by atoms with Crippen LogP contribution in [0.4, 0.5) is 0 Å². The minimum absolute atomic E-state index is 0.0364. The Morgan fingerprint density at radius 3 is 2.22 bits per heavy atom. The maximum absolute atomic E-state index is 12.9. The van der Waals surface area contributed by atoms with Gasteiger partial charge in [0.05, 0.1) is 30.3 Å². The molecule has 1 aliphatic carbocycles. The van der Waals surface area contributed by atoms with Crippen LogP contribution in [-0.2, 0) is 14.4 Å². The van der Waals surface area contributed by atoms with Gasteiger partial charge in [-0.2, -0.15) is 23.5 Å². The Morgan fingerprint density at radius 2 is 1.59 bits per heavy atom. The molecule has 216 valence electrons. The molecule has 37 heavy (non-hydrogen) atoms. The average molecular weight is 569 g/mol. The molecule has 0 saturated heterocycles. The van der Waals surface area contributed by atoms with Gasteiger partial charge in [0.1, 0.15) is 12.1 Å². The van der Waals surface area contributed by atoms with Crippen molar-refractivity contribution in [2.24, 2.45) is 11.7 Å². The predicted molar refractivity (Wildman–Crippen MR) is 143 cm³/mol. The number of rotatable bonds is 19. The van der Waals surface area contributed by atoms with E-state index in [1.807, 2.05) is 0 Å². The Balaban J connectivity index is 2.64. The van der Waals surface area contributed by atoms with Crippen LogP contribution in [0.2, 0.25) is 0 Å². The summed E-state index contributed by atoms with van der Waals surface area (Å²) in [6.07, 6.45) is -0.427. The third-order valence-electron chi connectivity index (χ3n) is 6.45. The van der Waals surface area contributed by atoms with E-state index in [2.05, 4.69) is 12.2 Å². The third kappa shape index (κ3) is 12.5. The number of aliphatic carboxylic acids is 1. The van der Waals surface area contributed by atoms with Crippen molar-refractivity contribution in [2.45, 2.75) is 107 Å². The summed E-state index contributed by atoms with van der Waals surface area (Å²) in [6.45, 7) is 2.17. The molecule has 0 spiro atoms. The molecule has 13 heteroatoms. The van der Waals surface area contributed by atoms with Crippen molar-refractivity contribution in [1.82, 2.24) is 5.32 Å². The topological polar surface area (TPSA) is 211 Å². The number of amides is 2. The molecule has 0 bridgehead atoms. The summed E-state index contributed by atoms with van der Waals surface area (Å²) in [5.41, 5.74) is 5.28. The first-order valence-corrected chi connectivity index (χ1v) is 15.1. The van der Waals surface area contributed by atoms with E-state index in [-0.39, 0.29) is 18.6 Å². The Labute approximate surface area is 227 Å². The molecule has 1 fully saturated rings. The van der Waals surface area contributed by atoms with Gasteiger partial charge in [-0.3, -0.25) is 14.4 Å². The van der Waals surface area contributed by atoms with E-state index < -0.39 is 71.9 Å². The molecule has 1 aliphatic rings. The van der Waals surface area contributed by atoms with Gasteiger partial charge in [0, 0.05) is 23.2 Å². The van der Waals surface area contributed by atoms with E-state index in [0.717, 1.165) is 30.4 Å². The van der Waals surface area contributed by atoms with Crippen LogP contribution in [0, 0.1) is 5.92 Å². The highest BCUT2D eigenvalue weighted by Gasteiger charge is 2.46. The van der Waals surface area contributed by atoms with E-state index in [1.165, 1.54) is 25.7 Å². The zero-order chi connectivity index (χ0) is 28.0. The van der Waals surface area contributed by atoms with Crippen LogP contribution in [0.25, 0.3) is 0 Å². The summed E-state index contributed by atoms with van der Waals surface area (Å²) in [5, 5.41) is 61.8. The van der Waals surface area contributed by atoms with Crippen LogP contribution in [0.1, 0.15) is 64.7 Å². The number of aliphatic hydroxyl groups excluding tert-OH is 5. The van der Waals surface area contributed by atoms with Gasteiger partial charge in [0.25, 0.3) is 0 Å². The van der Waals surface area contributed by atoms with E-state index in [0.29, 0.717) is 5.75 Å².